The number of esters is 1. The molecule has 8 heteroatoms. The molecular weight excluding hydrogens is 711 g/mol. The van der Waals surface area contributed by atoms with Gasteiger partial charge in [-0.05, 0) is 142 Å². The number of nitrogens with zero attached hydrogens (tertiary/aromatic N) is 1. The van der Waals surface area contributed by atoms with Crippen LogP contribution in [0.25, 0.3) is 11.1 Å². The monoisotopic (exact) mass is 767 g/mol. The fourth-order valence-electron chi connectivity index (χ4n) is 9.51. The highest BCUT2D eigenvalue weighted by Gasteiger charge is 2.61. The number of rotatable bonds is 7. The van der Waals surface area contributed by atoms with Gasteiger partial charge < -0.3 is 9.47 Å². The van der Waals surface area contributed by atoms with Gasteiger partial charge in [0.15, 0.2) is 0 Å². The van der Waals surface area contributed by atoms with Crippen molar-refractivity contribution in [2.24, 2.45) is 28.1 Å². The zero-order valence-electron chi connectivity index (χ0n) is 35.0. The molecule has 0 N–H and O–H groups in total. The molecule has 1 aliphatic carbocycles. The van der Waals surface area contributed by atoms with E-state index < -0.39 is 30.0 Å². The highest BCUT2D eigenvalue weighted by Crippen LogP contribution is 2.71. The van der Waals surface area contributed by atoms with Crippen LogP contribution in [0.15, 0.2) is 30.4 Å². The molecule has 4 atom stereocenters. The van der Waals surface area contributed by atoms with E-state index in [4.69, 9.17) is 9.47 Å². The highest BCUT2D eigenvalue weighted by molar-refractivity contribution is 7.14. The van der Waals surface area contributed by atoms with Crippen molar-refractivity contribution in [1.82, 2.24) is 0 Å². The van der Waals surface area contributed by atoms with E-state index in [9.17, 15) is 14.4 Å². The van der Waals surface area contributed by atoms with E-state index in [1.54, 1.807) is 0 Å². The second-order valence-corrected chi connectivity index (χ2v) is 19.9. The number of anilines is 1. The molecule has 0 spiro atoms. The van der Waals surface area contributed by atoms with E-state index >= 15 is 0 Å². The topological polar surface area (TPSA) is 72.9 Å². The second-order valence-electron chi connectivity index (χ2n) is 17.2. The SMILES string of the molecule is C/C=C/C1OC(/C=C/C)C2C(=O)N(c3c(C)c(C)c(OC(=O)c4cc(C5=C(c6c(C)sc(C)c6C)C(C)(C)C(C)(C)C5(C)C)c(C)s4)c(C)c3C)C(=O)C12. The van der Waals surface area contributed by atoms with Crippen LogP contribution in [0.3, 0.4) is 0 Å². The van der Waals surface area contributed by atoms with Crippen molar-refractivity contribution >= 4 is 57.3 Å². The van der Waals surface area contributed by atoms with Crippen LogP contribution in [-0.4, -0.2) is 30.0 Å². The minimum Gasteiger partial charge on any atom is -0.422 e. The van der Waals surface area contributed by atoms with Gasteiger partial charge in [-0.1, -0.05) is 65.8 Å². The third kappa shape index (κ3) is 5.52. The average Bonchev–Trinajstić information content (AvgIpc) is 3.81. The van der Waals surface area contributed by atoms with Crippen LogP contribution in [0.4, 0.5) is 5.69 Å². The third-order valence-electron chi connectivity index (χ3n) is 13.9. The summed E-state index contributed by atoms with van der Waals surface area (Å²) in [7, 11) is 0. The van der Waals surface area contributed by atoms with E-state index in [0.717, 1.165) is 32.7 Å². The van der Waals surface area contributed by atoms with Gasteiger partial charge in [0.2, 0.25) is 11.8 Å². The molecule has 3 aliphatic rings. The van der Waals surface area contributed by atoms with Gasteiger partial charge in [0.25, 0.3) is 0 Å². The Balaban J connectivity index is 1.40. The summed E-state index contributed by atoms with van der Waals surface area (Å²) in [5.41, 5.74) is 9.56. The summed E-state index contributed by atoms with van der Waals surface area (Å²) in [4.78, 5) is 48.1. The molecule has 3 aromatic rings. The Labute approximate surface area is 330 Å². The van der Waals surface area contributed by atoms with Gasteiger partial charge >= 0.3 is 5.97 Å². The van der Waals surface area contributed by atoms with Crippen LogP contribution in [0.1, 0.15) is 119 Å². The maximum Gasteiger partial charge on any atom is 0.353 e. The van der Waals surface area contributed by atoms with Gasteiger partial charge in [-0.3, -0.25) is 9.59 Å². The second kappa shape index (κ2) is 13.6. The molecular formula is C46H57NO5S2. The lowest BCUT2D eigenvalue weighted by molar-refractivity contribution is -0.124. The molecule has 0 bridgehead atoms. The number of carbonyl (C=O) groups is 3. The van der Waals surface area contributed by atoms with Crippen molar-refractivity contribution in [2.45, 2.75) is 123 Å². The number of imide groups is 1. The van der Waals surface area contributed by atoms with Gasteiger partial charge in [0.05, 0.1) is 29.7 Å². The molecule has 2 saturated heterocycles. The van der Waals surface area contributed by atoms with Crippen LogP contribution in [0.5, 0.6) is 5.75 Å². The summed E-state index contributed by atoms with van der Waals surface area (Å²) in [5, 5.41) is 0. The first-order chi connectivity index (χ1) is 25.1. The van der Waals surface area contributed by atoms with Crippen LogP contribution < -0.4 is 9.64 Å². The number of aryl methyl sites for hydroxylation is 3. The Kier molecular flexibility index (Phi) is 10.1. The third-order valence-corrected chi connectivity index (χ3v) is 16.1. The zero-order chi connectivity index (χ0) is 40.1. The number of hydrogen-bond donors (Lipinski definition) is 0. The number of fused-ring (bicyclic) bond motifs is 1. The fraction of sp³-hybridized carbons (Fsp3) is 0.500. The lowest BCUT2D eigenvalue weighted by Crippen LogP contribution is -2.39. The van der Waals surface area contributed by atoms with Gasteiger partial charge in [-0.15, -0.1) is 22.7 Å². The molecule has 0 saturated carbocycles. The van der Waals surface area contributed by atoms with Crippen molar-refractivity contribution in [2.75, 3.05) is 4.90 Å². The standard InChI is InChI=1S/C46H57NO5S2/c1-17-19-31-35-36(32(51-31)20-18-2)42(49)47(41(35)48)39-22(3)24(5)40(25(6)23(39)4)52-43(50)33-21-30(28(9)54-33)37-38(34-26(7)27(8)53-29(34)10)45(13,14)46(15,16)44(37,11)12/h17-21,31-32,35-36H,1-16H3/b19-17+,20-18+. The van der Waals surface area contributed by atoms with Crippen LogP contribution in [-0.2, 0) is 14.3 Å². The lowest BCUT2D eigenvalue weighted by Gasteiger charge is -2.46. The van der Waals surface area contributed by atoms with E-state index in [2.05, 4.69) is 69.2 Å². The average molecular weight is 768 g/mol. The first-order valence-electron chi connectivity index (χ1n) is 19.1. The predicted octanol–water partition coefficient (Wildman–Crippen LogP) is 11.5. The van der Waals surface area contributed by atoms with E-state index in [-0.39, 0.29) is 28.1 Å². The molecule has 54 heavy (non-hydrogen) atoms. The zero-order valence-corrected chi connectivity index (χ0v) is 36.6. The molecule has 2 aromatic heterocycles. The molecule has 2 amide bonds. The van der Waals surface area contributed by atoms with Crippen molar-refractivity contribution in [3.05, 3.63) is 88.8 Å². The van der Waals surface area contributed by atoms with Crippen LogP contribution in [0.2, 0.25) is 0 Å². The van der Waals surface area contributed by atoms with Gasteiger partial charge in [-0.2, -0.15) is 0 Å². The molecule has 6 nitrogen and oxygen atoms in total. The Morgan fingerprint density at radius 1 is 0.704 bits per heavy atom. The summed E-state index contributed by atoms with van der Waals surface area (Å²) >= 11 is 3.34. The minimum atomic E-state index is -0.601. The fourth-order valence-corrected chi connectivity index (χ4v) is 11.5. The van der Waals surface area contributed by atoms with Gasteiger partial charge in [-0.25, -0.2) is 9.69 Å². The number of hydrogen-bond acceptors (Lipinski definition) is 7. The van der Waals surface area contributed by atoms with Crippen molar-refractivity contribution in [3.63, 3.8) is 0 Å². The first kappa shape index (κ1) is 40.1. The van der Waals surface area contributed by atoms with E-state index in [1.807, 2.05) is 83.2 Å². The quantitative estimate of drug-likeness (QED) is 0.104. The highest BCUT2D eigenvalue weighted by atomic mass is 32.1. The first-order valence-corrected chi connectivity index (χ1v) is 20.8. The normalized spacial score (nSPS) is 24.6. The lowest BCUT2D eigenvalue weighted by atomic mass is 9.57. The number of carbonyl (C=O) groups excluding carboxylic acids is 3. The van der Waals surface area contributed by atoms with Gasteiger partial charge in [0.1, 0.15) is 10.6 Å². The number of benzene rings is 1. The number of amides is 2. The van der Waals surface area contributed by atoms with E-state index in [1.165, 1.54) is 48.3 Å². The Morgan fingerprint density at radius 3 is 1.67 bits per heavy atom. The maximum atomic E-state index is 14.2. The minimum absolute atomic E-state index is 0.0789. The van der Waals surface area contributed by atoms with Crippen molar-refractivity contribution in [1.29, 1.82) is 0 Å². The predicted molar refractivity (Wildman–Crippen MR) is 224 cm³/mol. The number of allylic oxidation sites excluding steroid dienone is 4. The molecule has 2 fully saturated rings. The molecule has 1 aromatic carbocycles. The molecule has 4 heterocycles. The molecule has 0 radical (unpaired) electrons. The summed E-state index contributed by atoms with van der Waals surface area (Å²) < 4.78 is 12.5. The Hall–Kier alpha value is -3.59. The Morgan fingerprint density at radius 2 is 1.20 bits per heavy atom. The molecule has 6 rings (SSSR count). The van der Waals surface area contributed by atoms with Crippen molar-refractivity contribution in [3.8, 4) is 5.75 Å². The van der Waals surface area contributed by atoms with Crippen LogP contribution >= 0.6 is 22.7 Å². The van der Waals surface area contributed by atoms with Crippen LogP contribution in [0, 0.1) is 83.5 Å². The maximum absolute atomic E-state index is 14.2. The number of ether oxygens (including phenoxy) is 2. The van der Waals surface area contributed by atoms with E-state index in [0.29, 0.717) is 16.3 Å². The molecule has 4 unspecified atom stereocenters. The molecule has 288 valence electrons. The summed E-state index contributed by atoms with van der Waals surface area (Å²) in [6, 6.07) is 2.05. The summed E-state index contributed by atoms with van der Waals surface area (Å²) in [6.07, 6.45) is 6.50. The van der Waals surface area contributed by atoms with Gasteiger partial charge in [0, 0.05) is 14.6 Å². The van der Waals surface area contributed by atoms with Crippen molar-refractivity contribution < 1.29 is 23.9 Å². The smallest absolute Gasteiger partial charge is 0.353 e. The largest absolute Gasteiger partial charge is 0.422 e. The number of thiophene rings is 2. The summed E-state index contributed by atoms with van der Waals surface area (Å²) in [5.74, 6) is -1.65. The molecule has 2 aliphatic heterocycles. The Bertz CT molecular complexity index is 2140. The summed E-state index contributed by atoms with van der Waals surface area (Å²) in [6.45, 7) is 34.4.